The number of benzene rings is 2. The first-order chi connectivity index (χ1) is 16.0. The molecule has 0 bridgehead atoms. The third-order valence-corrected chi connectivity index (χ3v) is 9.59. The second kappa shape index (κ2) is 9.15. The zero-order chi connectivity index (χ0) is 24.7. The van der Waals surface area contributed by atoms with Crippen molar-refractivity contribution in [2.24, 2.45) is 5.41 Å². The summed E-state index contributed by atoms with van der Waals surface area (Å²) < 4.78 is 29.8. The van der Waals surface area contributed by atoms with Gasteiger partial charge in [-0.1, -0.05) is 55.9 Å². The average Bonchev–Trinajstić information content (AvgIpc) is 3.03. The van der Waals surface area contributed by atoms with Gasteiger partial charge in [0.2, 0.25) is 0 Å². The number of fused-ring (bicyclic) bond motifs is 1. The van der Waals surface area contributed by atoms with E-state index in [4.69, 9.17) is 0 Å². The lowest BCUT2D eigenvalue weighted by atomic mass is 9.77. The van der Waals surface area contributed by atoms with E-state index in [1.54, 1.807) is 37.4 Å². The van der Waals surface area contributed by atoms with Gasteiger partial charge in [0.1, 0.15) is 6.54 Å². The molecule has 180 valence electrons. The van der Waals surface area contributed by atoms with Gasteiger partial charge in [-0.2, -0.15) is 0 Å². The smallest absolute Gasteiger partial charge is 0.323 e. The topological polar surface area (TPSA) is 79.6 Å². The number of carboxylic acids is 1. The van der Waals surface area contributed by atoms with Gasteiger partial charge in [-0.05, 0) is 61.4 Å². The first-order valence-corrected chi connectivity index (χ1v) is 13.5. The number of rotatable bonds is 7. The summed E-state index contributed by atoms with van der Waals surface area (Å²) in [6.45, 7) is 6.32. The van der Waals surface area contributed by atoms with Crippen LogP contribution in [0.4, 0.5) is 5.69 Å². The van der Waals surface area contributed by atoms with E-state index in [0.717, 1.165) is 40.4 Å². The van der Waals surface area contributed by atoms with Gasteiger partial charge >= 0.3 is 5.97 Å². The van der Waals surface area contributed by atoms with Gasteiger partial charge < -0.3 is 9.67 Å². The first kappa shape index (κ1) is 24.4. The van der Waals surface area contributed by atoms with Crippen LogP contribution < -0.4 is 4.31 Å². The number of anilines is 1. The van der Waals surface area contributed by atoms with Gasteiger partial charge in [0.15, 0.2) is 0 Å². The molecule has 1 aliphatic carbocycles. The predicted octanol–water partition coefficient (Wildman–Crippen LogP) is 5.37. The zero-order valence-electron chi connectivity index (χ0n) is 19.9. The maximum Gasteiger partial charge on any atom is 0.323 e. The SMILES string of the molecule is Cc1c(Sc2ccccc2N(C)S(=O)(=O)c2ccccc2)c2c(n1CC(=O)O)CC(C)(C)CC2. The van der Waals surface area contributed by atoms with Gasteiger partial charge in [0, 0.05) is 28.2 Å². The minimum Gasteiger partial charge on any atom is -0.480 e. The normalized spacial score (nSPS) is 15.1. The molecule has 1 N–H and O–H groups in total. The molecule has 1 aromatic heterocycles. The van der Waals surface area contributed by atoms with Crippen molar-refractivity contribution in [2.45, 2.75) is 61.3 Å². The summed E-state index contributed by atoms with van der Waals surface area (Å²) in [4.78, 5) is 13.7. The fraction of sp³-hybridized carbons (Fsp3) is 0.346. The highest BCUT2D eigenvalue weighted by Crippen LogP contribution is 2.46. The highest BCUT2D eigenvalue weighted by molar-refractivity contribution is 7.99. The third kappa shape index (κ3) is 4.61. The standard InChI is InChI=1S/C26H30N2O4S2/c1-18-25(20-14-15-26(2,3)16-22(20)28(18)17-24(29)30)33-23-13-9-8-12-21(23)27(4)34(31,32)19-10-6-5-7-11-19/h5-13H,14-17H2,1-4H3,(H,29,30). The number of hydrogen-bond acceptors (Lipinski definition) is 4. The van der Waals surface area contributed by atoms with Gasteiger partial charge in [-0.15, -0.1) is 0 Å². The van der Waals surface area contributed by atoms with Crippen LogP contribution in [0.15, 0.2) is 69.3 Å². The van der Waals surface area contributed by atoms with Crippen LogP contribution in [-0.2, 0) is 34.2 Å². The van der Waals surface area contributed by atoms with Crippen LogP contribution in [0.1, 0.15) is 37.2 Å². The molecule has 6 nitrogen and oxygen atoms in total. The molecule has 0 spiro atoms. The van der Waals surface area contributed by atoms with Crippen LogP contribution in [-0.4, -0.2) is 31.1 Å². The number of carbonyl (C=O) groups is 1. The second-order valence-corrected chi connectivity index (χ2v) is 12.5. The number of sulfonamides is 1. The number of para-hydroxylation sites is 1. The molecule has 0 unspecified atom stereocenters. The second-order valence-electron chi connectivity index (χ2n) is 9.52. The van der Waals surface area contributed by atoms with E-state index < -0.39 is 16.0 Å². The highest BCUT2D eigenvalue weighted by Gasteiger charge is 2.33. The maximum atomic E-state index is 13.3. The fourth-order valence-electron chi connectivity index (χ4n) is 4.58. The van der Waals surface area contributed by atoms with Crippen molar-refractivity contribution in [3.05, 3.63) is 71.5 Å². The number of aromatic nitrogens is 1. The molecule has 8 heteroatoms. The van der Waals surface area contributed by atoms with E-state index in [0.29, 0.717) is 5.69 Å². The minimum absolute atomic E-state index is 0.0747. The summed E-state index contributed by atoms with van der Waals surface area (Å²) in [5.41, 5.74) is 3.88. The van der Waals surface area contributed by atoms with E-state index in [1.807, 2.05) is 35.8 Å². The lowest BCUT2D eigenvalue weighted by Crippen LogP contribution is -2.27. The Bertz CT molecular complexity index is 1330. The van der Waals surface area contributed by atoms with Crippen molar-refractivity contribution in [1.82, 2.24) is 4.57 Å². The van der Waals surface area contributed by atoms with E-state index >= 15 is 0 Å². The number of carboxylic acid groups (broad SMARTS) is 1. The van der Waals surface area contributed by atoms with Crippen LogP contribution in [0.25, 0.3) is 0 Å². The molecule has 0 fully saturated rings. The van der Waals surface area contributed by atoms with Crippen molar-refractivity contribution in [3.8, 4) is 0 Å². The van der Waals surface area contributed by atoms with Crippen molar-refractivity contribution >= 4 is 33.4 Å². The van der Waals surface area contributed by atoms with Crippen molar-refractivity contribution in [3.63, 3.8) is 0 Å². The van der Waals surface area contributed by atoms with Crippen LogP contribution in [0.3, 0.4) is 0 Å². The molecule has 1 heterocycles. The van der Waals surface area contributed by atoms with Crippen molar-refractivity contribution < 1.29 is 18.3 Å². The first-order valence-electron chi connectivity index (χ1n) is 11.2. The monoisotopic (exact) mass is 498 g/mol. The summed E-state index contributed by atoms with van der Waals surface area (Å²) in [6, 6.07) is 15.9. The predicted molar refractivity (Wildman–Crippen MR) is 135 cm³/mol. The van der Waals surface area contributed by atoms with Crippen molar-refractivity contribution in [2.75, 3.05) is 11.4 Å². The molecule has 0 atom stereocenters. The summed E-state index contributed by atoms with van der Waals surface area (Å²) in [6.07, 6.45) is 2.72. The molecule has 0 saturated heterocycles. The Morgan fingerprint density at radius 2 is 1.76 bits per heavy atom. The van der Waals surface area contributed by atoms with Crippen LogP contribution in [0, 0.1) is 12.3 Å². The van der Waals surface area contributed by atoms with E-state index in [2.05, 4.69) is 13.8 Å². The maximum absolute atomic E-state index is 13.3. The van der Waals surface area contributed by atoms with Crippen LogP contribution >= 0.6 is 11.8 Å². The number of nitrogens with zero attached hydrogens (tertiary/aromatic N) is 2. The molecule has 2 aromatic carbocycles. The molecule has 4 rings (SSSR count). The molecular formula is C26H30N2O4S2. The Balaban J connectivity index is 1.77. The quantitative estimate of drug-likeness (QED) is 0.474. The molecule has 1 aliphatic rings. The largest absolute Gasteiger partial charge is 0.480 e. The summed E-state index contributed by atoms with van der Waals surface area (Å²) in [5.74, 6) is -0.866. The fourth-order valence-corrected chi connectivity index (χ4v) is 7.15. The molecule has 34 heavy (non-hydrogen) atoms. The average molecular weight is 499 g/mol. The Kier molecular flexibility index (Phi) is 6.57. The molecule has 3 aromatic rings. The highest BCUT2D eigenvalue weighted by atomic mass is 32.2. The van der Waals surface area contributed by atoms with Gasteiger partial charge in [0.05, 0.1) is 10.6 Å². The van der Waals surface area contributed by atoms with Crippen LogP contribution in [0.2, 0.25) is 0 Å². The van der Waals surface area contributed by atoms with E-state index in [1.165, 1.54) is 21.6 Å². The van der Waals surface area contributed by atoms with E-state index in [-0.39, 0.29) is 16.9 Å². The lowest BCUT2D eigenvalue weighted by Gasteiger charge is -2.31. The lowest BCUT2D eigenvalue weighted by molar-refractivity contribution is -0.137. The minimum atomic E-state index is -3.72. The molecule has 0 saturated carbocycles. The molecule has 0 amide bonds. The van der Waals surface area contributed by atoms with Gasteiger partial charge in [-0.25, -0.2) is 8.42 Å². The van der Waals surface area contributed by atoms with Crippen molar-refractivity contribution in [1.29, 1.82) is 0 Å². The van der Waals surface area contributed by atoms with Gasteiger partial charge in [-0.3, -0.25) is 9.10 Å². The number of hydrogen-bond donors (Lipinski definition) is 1. The third-order valence-electron chi connectivity index (χ3n) is 6.49. The van der Waals surface area contributed by atoms with Gasteiger partial charge in [0.25, 0.3) is 10.0 Å². The summed E-state index contributed by atoms with van der Waals surface area (Å²) >= 11 is 1.52. The van der Waals surface area contributed by atoms with Crippen LogP contribution in [0.5, 0.6) is 0 Å². The molecule has 0 aliphatic heterocycles. The molecular weight excluding hydrogens is 468 g/mol. The summed E-state index contributed by atoms with van der Waals surface area (Å²) in [7, 11) is -2.15. The Morgan fingerprint density at radius 3 is 2.44 bits per heavy atom. The van der Waals surface area contributed by atoms with E-state index in [9.17, 15) is 18.3 Å². The summed E-state index contributed by atoms with van der Waals surface area (Å²) in [5, 5.41) is 9.54. The molecule has 0 radical (unpaired) electrons. The Labute approximate surface area is 205 Å². The zero-order valence-corrected chi connectivity index (χ0v) is 21.5. The Hall–Kier alpha value is -2.71. The Morgan fingerprint density at radius 1 is 1.12 bits per heavy atom. The number of aliphatic carboxylic acids is 1.